The number of morpholine rings is 1. The van der Waals surface area contributed by atoms with Crippen LogP contribution in [0.5, 0.6) is 5.75 Å². The molecule has 106 valence electrons. The van der Waals surface area contributed by atoms with Gasteiger partial charge in [-0.1, -0.05) is 0 Å². The first kappa shape index (κ1) is 12.9. The van der Waals surface area contributed by atoms with Gasteiger partial charge in [0.05, 0.1) is 20.3 Å². The molecule has 3 rings (SSSR count). The highest BCUT2D eigenvalue weighted by atomic mass is 16.5. The molecular weight excluding hydrogens is 256 g/mol. The van der Waals surface area contributed by atoms with Crippen molar-refractivity contribution in [1.29, 1.82) is 0 Å². The smallest absolute Gasteiger partial charge is 0.223 e. The number of nitrogens with zero attached hydrogens (tertiary/aromatic N) is 3. The largest absolute Gasteiger partial charge is 0.494 e. The van der Waals surface area contributed by atoms with Gasteiger partial charge in [-0.05, 0) is 12.1 Å². The molecule has 2 aromatic rings. The van der Waals surface area contributed by atoms with Gasteiger partial charge in [0.15, 0.2) is 0 Å². The number of rotatable bonds is 3. The van der Waals surface area contributed by atoms with Gasteiger partial charge in [-0.2, -0.15) is 0 Å². The lowest BCUT2D eigenvalue weighted by molar-refractivity contribution is 0.123. The molecule has 0 saturated carbocycles. The minimum absolute atomic E-state index is 0.593. The van der Waals surface area contributed by atoms with Crippen molar-refractivity contribution in [3.8, 4) is 5.75 Å². The molecule has 6 heteroatoms. The number of fused-ring (bicyclic) bond motifs is 1. The van der Waals surface area contributed by atoms with Crippen molar-refractivity contribution in [2.45, 2.75) is 0 Å². The van der Waals surface area contributed by atoms with Gasteiger partial charge in [-0.3, -0.25) is 0 Å². The van der Waals surface area contributed by atoms with Gasteiger partial charge in [0.25, 0.3) is 0 Å². The summed E-state index contributed by atoms with van der Waals surface area (Å²) in [6.45, 7) is 3.27. The number of anilines is 2. The normalized spacial score (nSPS) is 15.4. The molecule has 0 atom stereocenters. The van der Waals surface area contributed by atoms with E-state index in [0.29, 0.717) is 5.95 Å². The van der Waals surface area contributed by atoms with Crippen molar-refractivity contribution in [2.24, 2.45) is 0 Å². The zero-order chi connectivity index (χ0) is 13.9. The van der Waals surface area contributed by atoms with E-state index in [1.165, 1.54) is 0 Å². The summed E-state index contributed by atoms with van der Waals surface area (Å²) in [5, 5.41) is 3.96. The molecule has 1 aliphatic rings. The number of hydrogen-bond acceptors (Lipinski definition) is 6. The predicted molar refractivity (Wildman–Crippen MR) is 78.7 cm³/mol. The Morgan fingerprint density at radius 1 is 1.30 bits per heavy atom. The molecule has 0 radical (unpaired) electrons. The predicted octanol–water partition coefficient (Wildman–Crippen LogP) is 1.52. The van der Waals surface area contributed by atoms with E-state index in [-0.39, 0.29) is 0 Å². The fourth-order valence-electron chi connectivity index (χ4n) is 2.45. The summed E-state index contributed by atoms with van der Waals surface area (Å²) in [4.78, 5) is 11.1. The minimum Gasteiger partial charge on any atom is -0.494 e. The molecule has 0 spiro atoms. The number of methoxy groups -OCH3 is 1. The molecule has 6 nitrogen and oxygen atoms in total. The van der Waals surface area contributed by atoms with E-state index in [1.54, 1.807) is 14.2 Å². The lowest BCUT2D eigenvalue weighted by Gasteiger charge is -2.29. The van der Waals surface area contributed by atoms with Crippen LogP contribution in [0, 0.1) is 0 Å². The quantitative estimate of drug-likeness (QED) is 0.915. The number of hydrogen-bond donors (Lipinski definition) is 1. The summed E-state index contributed by atoms with van der Waals surface area (Å²) in [6, 6.07) is 4.02. The average Bonchev–Trinajstić information content (AvgIpc) is 2.54. The topological polar surface area (TPSA) is 59.5 Å². The molecule has 1 aliphatic heterocycles. The molecule has 1 aromatic heterocycles. The number of benzene rings is 1. The summed E-state index contributed by atoms with van der Waals surface area (Å²) in [7, 11) is 3.46. The Labute approximate surface area is 117 Å². The van der Waals surface area contributed by atoms with Crippen molar-refractivity contribution < 1.29 is 9.47 Å². The highest BCUT2D eigenvalue weighted by Gasteiger charge is 2.17. The Hall–Kier alpha value is -2.08. The molecule has 20 heavy (non-hydrogen) atoms. The Morgan fingerprint density at radius 3 is 2.80 bits per heavy atom. The van der Waals surface area contributed by atoms with Gasteiger partial charge >= 0.3 is 0 Å². The Morgan fingerprint density at radius 2 is 2.10 bits per heavy atom. The molecule has 1 N–H and O–H groups in total. The molecular formula is C14H18N4O2. The van der Waals surface area contributed by atoms with Crippen molar-refractivity contribution >= 4 is 22.5 Å². The van der Waals surface area contributed by atoms with Crippen LogP contribution in [0.2, 0.25) is 0 Å². The van der Waals surface area contributed by atoms with Crippen LogP contribution in [-0.4, -0.2) is 50.4 Å². The molecule has 0 bridgehead atoms. The first-order valence-corrected chi connectivity index (χ1v) is 6.67. The van der Waals surface area contributed by atoms with Crippen LogP contribution in [0.1, 0.15) is 0 Å². The third-order valence-corrected chi connectivity index (χ3v) is 3.49. The zero-order valence-corrected chi connectivity index (χ0v) is 11.7. The van der Waals surface area contributed by atoms with Crippen LogP contribution in [0.4, 0.5) is 11.6 Å². The zero-order valence-electron chi connectivity index (χ0n) is 11.7. The maximum absolute atomic E-state index is 5.41. The third kappa shape index (κ3) is 2.22. The lowest BCUT2D eigenvalue weighted by Crippen LogP contribution is -2.36. The summed E-state index contributed by atoms with van der Waals surface area (Å²) >= 11 is 0. The molecule has 2 heterocycles. The van der Waals surface area contributed by atoms with Crippen LogP contribution >= 0.6 is 0 Å². The highest BCUT2D eigenvalue weighted by molar-refractivity contribution is 5.95. The maximum Gasteiger partial charge on any atom is 0.223 e. The van der Waals surface area contributed by atoms with Crippen molar-refractivity contribution in [3.05, 3.63) is 18.3 Å². The first-order valence-electron chi connectivity index (χ1n) is 6.67. The van der Waals surface area contributed by atoms with Gasteiger partial charge < -0.3 is 19.7 Å². The van der Waals surface area contributed by atoms with Crippen LogP contribution in [0.25, 0.3) is 10.9 Å². The SMILES string of the molecule is CNc1ncc2c(N3CCOCC3)ccc(OC)c2n1. The van der Waals surface area contributed by atoms with Gasteiger partial charge in [-0.25, -0.2) is 9.97 Å². The van der Waals surface area contributed by atoms with Crippen molar-refractivity contribution in [2.75, 3.05) is 50.7 Å². The van der Waals surface area contributed by atoms with Crippen molar-refractivity contribution in [1.82, 2.24) is 9.97 Å². The number of nitrogens with one attached hydrogen (secondary N) is 1. The van der Waals surface area contributed by atoms with Crippen LogP contribution < -0.4 is 15.0 Å². The minimum atomic E-state index is 0.593. The molecule has 0 aliphatic carbocycles. The van der Waals surface area contributed by atoms with Gasteiger partial charge in [0.2, 0.25) is 5.95 Å². The van der Waals surface area contributed by atoms with E-state index < -0.39 is 0 Å². The van der Waals surface area contributed by atoms with E-state index in [0.717, 1.165) is 48.6 Å². The second-order valence-corrected chi connectivity index (χ2v) is 4.59. The third-order valence-electron chi connectivity index (χ3n) is 3.49. The maximum atomic E-state index is 5.41. The van der Waals surface area contributed by atoms with E-state index >= 15 is 0 Å². The fraction of sp³-hybridized carbons (Fsp3) is 0.429. The standard InChI is InChI=1S/C14H18N4O2/c1-15-14-16-9-10-11(18-5-7-20-8-6-18)3-4-12(19-2)13(10)17-14/h3-4,9H,5-8H2,1-2H3,(H,15,16,17). The second-order valence-electron chi connectivity index (χ2n) is 4.59. The van der Waals surface area contributed by atoms with Crippen LogP contribution in [0.3, 0.4) is 0 Å². The van der Waals surface area contributed by atoms with E-state index in [1.807, 2.05) is 12.3 Å². The second kappa shape index (κ2) is 5.50. The summed E-state index contributed by atoms with van der Waals surface area (Å²) < 4.78 is 10.8. The fourth-order valence-corrected chi connectivity index (χ4v) is 2.45. The monoisotopic (exact) mass is 274 g/mol. The Bertz CT molecular complexity index is 611. The molecule has 0 unspecified atom stereocenters. The van der Waals surface area contributed by atoms with E-state index in [4.69, 9.17) is 9.47 Å². The molecule has 1 saturated heterocycles. The van der Waals surface area contributed by atoms with E-state index in [2.05, 4.69) is 26.3 Å². The lowest BCUT2D eigenvalue weighted by atomic mass is 10.1. The highest BCUT2D eigenvalue weighted by Crippen LogP contribution is 2.32. The molecule has 1 fully saturated rings. The van der Waals surface area contributed by atoms with Crippen molar-refractivity contribution in [3.63, 3.8) is 0 Å². The first-order chi connectivity index (χ1) is 9.83. The Kier molecular flexibility index (Phi) is 3.56. The van der Waals surface area contributed by atoms with Gasteiger partial charge in [0, 0.05) is 37.4 Å². The average molecular weight is 274 g/mol. The van der Waals surface area contributed by atoms with Gasteiger partial charge in [0.1, 0.15) is 11.3 Å². The molecule has 0 amide bonds. The van der Waals surface area contributed by atoms with Crippen LogP contribution in [0.15, 0.2) is 18.3 Å². The summed E-state index contributed by atoms with van der Waals surface area (Å²) in [5.74, 6) is 1.35. The summed E-state index contributed by atoms with van der Waals surface area (Å²) in [5.41, 5.74) is 1.96. The van der Waals surface area contributed by atoms with Crippen LogP contribution in [-0.2, 0) is 4.74 Å². The van der Waals surface area contributed by atoms with Gasteiger partial charge in [-0.15, -0.1) is 0 Å². The van der Waals surface area contributed by atoms with E-state index in [9.17, 15) is 0 Å². The Balaban J connectivity index is 2.13. The molecule has 1 aromatic carbocycles. The number of ether oxygens (including phenoxy) is 2. The summed E-state index contributed by atoms with van der Waals surface area (Å²) in [6.07, 6.45) is 1.85. The number of aromatic nitrogens is 2.